The maximum atomic E-state index is 13.4. The molecule has 5 rings (SSSR count). The molecule has 11 heteroatoms. The molecule has 2 spiro atoms. The maximum Gasteiger partial charge on any atom is 0.471 e. The molecule has 0 radical (unpaired) electrons. The predicted molar refractivity (Wildman–Crippen MR) is 147 cm³/mol. The molecule has 7 nitrogen and oxygen atoms in total. The number of carbonyl (C=O) groups excluding carboxylic acids is 3. The summed E-state index contributed by atoms with van der Waals surface area (Å²) in [5.74, 6) is -2.19. The van der Waals surface area contributed by atoms with Crippen molar-refractivity contribution in [2.24, 2.45) is 39.4 Å². The van der Waals surface area contributed by atoms with Crippen LogP contribution in [0.25, 0.3) is 0 Å². The van der Waals surface area contributed by atoms with E-state index in [4.69, 9.17) is 4.74 Å². The molecule has 5 aliphatic rings. The van der Waals surface area contributed by atoms with E-state index in [9.17, 15) is 37.8 Å². The van der Waals surface area contributed by atoms with Crippen LogP contribution in [0.15, 0.2) is 12.7 Å². The summed E-state index contributed by atoms with van der Waals surface area (Å²) in [6.45, 7) is 12.3. The molecule has 0 heterocycles. The number of hydrogen-bond acceptors (Lipinski definition) is 7. The molecule has 3 N–H and O–H groups in total. The molecule has 0 aromatic heterocycles. The molecule has 0 aromatic carbocycles. The van der Waals surface area contributed by atoms with Gasteiger partial charge in [-0.15, -0.1) is 18.3 Å². The smallest absolute Gasteiger partial charge is 0.461 e. The summed E-state index contributed by atoms with van der Waals surface area (Å²) >= 11 is 1.21. The van der Waals surface area contributed by atoms with Gasteiger partial charge in [-0.05, 0) is 61.7 Å². The predicted octanol–water partition coefficient (Wildman–Crippen LogP) is 4.20. The van der Waals surface area contributed by atoms with Gasteiger partial charge in [0.05, 0.1) is 18.0 Å². The average molecular weight is 602 g/mol. The second-order valence-corrected chi connectivity index (χ2v) is 15.1. The first-order valence-corrected chi connectivity index (χ1v) is 15.8. The number of alkyl halides is 3. The topological polar surface area (TPSA) is 113 Å². The summed E-state index contributed by atoms with van der Waals surface area (Å²) in [4.78, 5) is 38.0. The Bertz CT molecular complexity index is 1130. The Balaban J connectivity index is 1.29. The molecule has 5 fully saturated rings. The van der Waals surface area contributed by atoms with Gasteiger partial charge in [0.2, 0.25) is 0 Å². The Morgan fingerprint density at radius 2 is 1.88 bits per heavy atom. The van der Waals surface area contributed by atoms with Gasteiger partial charge in [0.15, 0.2) is 0 Å². The largest absolute Gasteiger partial charge is 0.471 e. The molecule has 0 bridgehead atoms. The first-order chi connectivity index (χ1) is 19.0. The van der Waals surface area contributed by atoms with Gasteiger partial charge in [-0.1, -0.05) is 33.8 Å². The number of esters is 1. The molecule has 0 aliphatic heterocycles. The number of aliphatic hydroxyl groups excluding tert-OH is 2. The number of carbonyl (C=O) groups is 3. The third-order valence-electron chi connectivity index (χ3n) is 12.1. The van der Waals surface area contributed by atoms with Gasteiger partial charge in [-0.3, -0.25) is 14.4 Å². The second kappa shape index (κ2) is 9.97. The number of aliphatic hydroxyl groups is 2. The fourth-order valence-corrected chi connectivity index (χ4v) is 11.0. The van der Waals surface area contributed by atoms with E-state index in [0.717, 1.165) is 12.8 Å². The monoisotopic (exact) mass is 601 g/mol. The van der Waals surface area contributed by atoms with Crippen LogP contribution in [-0.2, 0) is 19.1 Å². The molecule has 0 saturated heterocycles. The molecular weight excluding hydrogens is 559 g/mol. The fourth-order valence-electron chi connectivity index (χ4n) is 9.90. The zero-order valence-corrected chi connectivity index (χ0v) is 24.9. The molecule has 1 amide bonds. The van der Waals surface area contributed by atoms with E-state index in [0.29, 0.717) is 19.3 Å². The number of hydrogen-bond donors (Lipinski definition) is 3. The fraction of sp³-hybridized carbons (Fsp3) is 0.833. The summed E-state index contributed by atoms with van der Waals surface area (Å²) in [5.41, 5.74) is -1.97. The first-order valence-electron chi connectivity index (χ1n) is 14.7. The molecule has 5 saturated carbocycles. The summed E-state index contributed by atoms with van der Waals surface area (Å²) in [7, 11) is 0. The summed E-state index contributed by atoms with van der Waals surface area (Å²) < 4.78 is 44.0. The van der Waals surface area contributed by atoms with Crippen molar-refractivity contribution in [3.63, 3.8) is 0 Å². The van der Waals surface area contributed by atoms with E-state index < -0.39 is 58.7 Å². The average Bonchev–Trinajstić information content (AvgIpc) is 3.27. The number of Topliss-reactive ketones (excluding diaryl/α,β-unsaturated/α-hetero) is 1. The molecule has 41 heavy (non-hydrogen) atoms. The third-order valence-corrected chi connectivity index (χ3v) is 13.5. The van der Waals surface area contributed by atoms with E-state index in [-0.39, 0.29) is 52.8 Å². The van der Waals surface area contributed by atoms with Gasteiger partial charge in [-0.2, -0.15) is 13.2 Å². The summed E-state index contributed by atoms with van der Waals surface area (Å²) in [5, 5.41) is 23.7. The van der Waals surface area contributed by atoms with E-state index in [1.807, 2.05) is 12.2 Å². The summed E-state index contributed by atoms with van der Waals surface area (Å²) in [6.07, 6.45) is -2.55. The highest BCUT2D eigenvalue weighted by Gasteiger charge is 2.92. The van der Waals surface area contributed by atoms with Crippen LogP contribution in [0.2, 0.25) is 0 Å². The van der Waals surface area contributed by atoms with Crippen molar-refractivity contribution < 1.29 is 42.5 Å². The van der Waals surface area contributed by atoms with Crippen LogP contribution in [0, 0.1) is 39.4 Å². The van der Waals surface area contributed by atoms with Gasteiger partial charge < -0.3 is 20.3 Å². The van der Waals surface area contributed by atoms with E-state index in [2.05, 4.69) is 27.4 Å². The van der Waals surface area contributed by atoms with Crippen molar-refractivity contribution in [1.82, 2.24) is 5.32 Å². The number of thioether (sulfide) groups is 1. The highest BCUT2D eigenvalue weighted by Crippen LogP contribution is 2.91. The zero-order chi connectivity index (χ0) is 30.3. The van der Waals surface area contributed by atoms with Gasteiger partial charge in [0, 0.05) is 34.0 Å². The van der Waals surface area contributed by atoms with Crippen LogP contribution >= 0.6 is 11.8 Å². The maximum absolute atomic E-state index is 13.4. The molecule has 3 unspecified atom stereocenters. The number of nitrogens with one attached hydrogen (secondary N) is 1. The van der Waals surface area contributed by atoms with E-state index >= 15 is 0 Å². The highest BCUT2D eigenvalue weighted by molar-refractivity contribution is 8.00. The summed E-state index contributed by atoms with van der Waals surface area (Å²) in [6, 6.07) is -0.785. The van der Waals surface area contributed by atoms with Crippen LogP contribution in [0.5, 0.6) is 0 Å². The lowest BCUT2D eigenvalue weighted by Gasteiger charge is -2.51. The van der Waals surface area contributed by atoms with Crippen molar-refractivity contribution in [1.29, 1.82) is 0 Å². The lowest BCUT2D eigenvalue weighted by molar-refractivity contribution is -0.174. The molecule has 230 valence electrons. The third kappa shape index (κ3) is 4.33. The Labute approximate surface area is 243 Å². The van der Waals surface area contributed by atoms with Crippen LogP contribution in [-0.4, -0.2) is 69.4 Å². The van der Waals surface area contributed by atoms with Crippen molar-refractivity contribution in [3.8, 4) is 0 Å². The molecule has 12 atom stereocenters. The van der Waals surface area contributed by atoms with Crippen molar-refractivity contribution in [2.45, 2.75) is 108 Å². The van der Waals surface area contributed by atoms with Gasteiger partial charge in [0.25, 0.3) is 0 Å². The number of amides is 1. The second-order valence-electron chi connectivity index (χ2n) is 13.9. The zero-order valence-electron chi connectivity index (χ0n) is 24.1. The Kier molecular flexibility index (Phi) is 7.51. The number of ketones is 1. The minimum atomic E-state index is -4.98. The highest BCUT2D eigenvalue weighted by atomic mass is 32.2. The molecule has 5 aliphatic carbocycles. The van der Waals surface area contributed by atoms with Gasteiger partial charge >= 0.3 is 18.1 Å². The SMILES string of the molecule is C=C[C@]1(C)C[C@@H](OC(=O)CSC2CC[C@@H](NC(=O)C(F)(F)F)C[C@H]2O)[C@]2(C)C(C)CC34C(=O)CC[C@@]3([C@@H](C)[C@@H]1O)[C@@H]42. The first kappa shape index (κ1) is 30.9. The van der Waals surface area contributed by atoms with Crippen LogP contribution in [0.4, 0.5) is 13.2 Å². The standard InChI is InChI=1S/C30H42F3NO6S/c1-6-26(4)13-21(27(5)15(2)12-29-20(36)9-10-28(29,24(27)29)16(3)23(26)38)40-22(37)14-41-19-8-7-17(11-18(19)35)34-25(39)30(31,32)33/h6,15-19,21,23-24,35,38H,1,7-14H2,2-5H3,(H,34,39)/t15?,16-,17+,18+,19?,21+,23-,24-,26+,27-,28+,29?/m0/s1. The Morgan fingerprint density at radius 1 is 1.20 bits per heavy atom. The minimum Gasteiger partial charge on any atom is -0.461 e. The van der Waals surface area contributed by atoms with Crippen LogP contribution in [0.1, 0.15) is 72.6 Å². The van der Waals surface area contributed by atoms with Crippen molar-refractivity contribution in [3.05, 3.63) is 12.7 Å². The van der Waals surface area contributed by atoms with Crippen LogP contribution < -0.4 is 5.32 Å². The molecular formula is C30H42F3NO6S. The van der Waals surface area contributed by atoms with E-state index in [1.54, 1.807) is 6.08 Å². The lowest BCUT2D eigenvalue weighted by atomic mass is 9.57. The molecule has 0 aromatic rings. The Hall–Kier alpha value is -1.59. The van der Waals surface area contributed by atoms with Gasteiger partial charge in [0.1, 0.15) is 11.9 Å². The quantitative estimate of drug-likeness (QED) is 0.309. The normalized spacial score (nSPS) is 48.9. The van der Waals surface area contributed by atoms with Crippen molar-refractivity contribution >= 4 is 29.4 Å². The number of halogens is 3. The van der Waals surface area contributed by atoms with Crippen molar-refractivity contribution in [2.75, 3.05) is 5.75 Å². The van der Waals surface area contributed by atoms with E-state index in [1.165, 1.54) is 11.8 Å². The lowest BCUT2D eigenvalue weighted by Crippen LogP contribution is -2.53. The van der Waals surface area contributed by atoms with Crippen LogP contribution in [0.3, 0.4) is 0 Å². The number of rotatable bonds is 6. The van der Waals surface area contributed by atoms with Gasteiger partial charge in [-0.25, -0.2) is 0 Å². The number of ether oxygens (including phenoxy) is 1. The Morgan fingerprint density at radius 3 is 2.49 bits per heavy atom. The minimum absolute atomic E-state index is 0.0274.